The third kappa shape index (κ3) is 2.53. The molecule has 0 fully saturated rings. The van der Waals surface area contributed by atoms with E-state index in [0.29, 0.717) is 5.56 Å². The smallest absolute Gasteiger partial charge is 0.148 e. The lowest BCUT2D eigenvalue weighted by atomic mass is 9.91. The van der Waals surface area contributed by atoms with Crippen LogP contribution in [-0.4, -0.2) is 0 Å². The zero-order chi connectivity index (χ0) is 20.0. The summed E-state index contributed by atoms with van der Waals surface area (Å²) in [4.78, 5) is 0. The average molecular weight is 372 g/mol. The van der Waals surface area contributed by atoms with E-state index >= 15 is 0 Å². The number of rotatable bonds is 1. The lowest BCUT2D eigenvalue weighted by Gasteiger charge is -2.12. The SMILES string of the molecule is N#Cc1cc(C#N)c(F)c(-c2ccc3c4ccccc4c4ccccc4c3c2)c1. The van der Waals surface area contributed by atoms with Crippen LogP contribution >= 0.6 is 0 Å². The van der Waals surface area contributed by atoms with E-state index in [1.54, 1.807) is 0 Å². The second kappa shape index (κ2) is 6.44. The van der Waals surface area contributed by atoms with Crippen molar-refractivity contribution in [3.63, 3.8) is 0 Å². The van der Waals surface area contributed by atoms with Crippen LogP contribution in [0.1, 0.15) is 11.1 Å². The highest BCUT2D eigenvalue weighted by Crippen LogP contribution is 2.37. The third-order valence-electron chi connectivity index (χ3n) is 5.38. The predicted molar refractivity (Wildman–Crippen MR) is 114 cm³/mol. The molecule has 0 unspecified atom stereocenters. The molecule has 5 aromatic carbocycles. The van der Waals surface area contributed by atoms with Crippen molar-refractivity contribution in [2.75, 3.05) is 0 Å². The van der Waals surface area contributed by atoms with Crippen LogP contribution in [0.4, 0.5) is 4.39 Å². The van der Waals surface area contributed by atoms with Crippen LogP contribution in [0.2, 0.25) is 0 Å². The molecule has 3 heteroatoms. The fourth-order valence-electron chi connectivity index (χ4n) is 4.06. The van der Waals surface area contributed by atoms with E-state index in [-0.39, 0.29) is 16.7 Å². The zero-order valence-electron chi connectivity index (χ0n) is 15.3. The highest BCUT2D eigenvalue weighted by atomic mass is 19.1. The van der Waals surface area contributed by atoms with Crippen molar-refractivity contribution >= 4 is 32.3 Å². The maximum atomic E-state index is 14.9. The fourth-order valence-corrected chi connectivity index (χ4v) is 4.06. The molecule has 29 heavy (non-hydrogen) atoms. The van der Waals surface area contributed by atoms with E-state index in [0.717, 1.165) is 26.9 Å². The molecule has 0 atom stereocenters. The number of halogens is 1. The first-order chi connectivity index (χ1) is 14.2. The molecule has 5 aromatic rings. The summed E-state index contributed by atoms with van der Waals surface area (Å²) in [6.45, 7) is 0. The van der Waals surface area contributed by atoms with Gasteiger partial charge in [-0.05, 0) is 56.1 Å². The Morgan fingerprint density at radius 2 is 1.14 bits per heavy atom. The predicted octanol–water partition coefficient (Wildman–Crippen LogP) is 6.70. The number of hydrogen-bond donors (Lipinski definition) is 0. The summed E-state index contributed by atoms with van der Waals surface area (Å²) in [7, 11) is 0. The van der Waals surface area contributed by atoms with Crippen LogP contribution in [0.3, 0.4) is 0 Å². The van der Waals surface area contributed by atoms with E-state index in [4.69, 9.17) is 0 Å². The number of benzene rings is 5. The van der Waals surface area contributed by atoms with Crippen molar-refractivity contribution < 1.29 is 4.39 Å². The molecule has 134 valence electrons. The molecule has 0 aliphatic carbocycles. The van der Waals surface area contributed by atoms with Crippen LogP contribution in [0, 0.1) is 28.5 Å². The summed E-state index contributed by atoms with van der Waals surface area (Å²) in [5.41, 5.74) is 1.05. The van der Waals surface area contributed by atoms with Gasteiger partial charge in [0.15, 0.2) is 0 Å². The molecule has 5 rings (SSSR count). The molecule has 0 radical (unpaired) electrons. The standard InChI is InChI=1S/C26H13FN2/c27-26-18(15-29)11-16(14-28)12-24(26)17-9-10-23-21-7-2-1-5-19(21)20-6-3-4-8-22(20)25(23)13-17/h1-13H. The van der Waals surface area contributed by atoms with Gasteiger partial charge in [-0.2, -0.15) is 10.5 Å². The molecular formula is C26H13FN2. The van der Waals surface area contributed by atoms with Crippen molar-refractivity contribution in [2.45, 2.75) is 0 Å². The second-order valence-electron chi connectivity index (χ2n) is 6.96. The molecule has 2 nitrogen and oxygen atoms in total. The Morgan fingerprint density at radius 3 is 1.69 bits per heavy atom. The van der Waals surface area contributed by atoms with Gasteiger partial charge in [0.2, 0.25) is 0 Å². The maximum absolute atomic E-state index is 14.9. The molecule has 0 amide bonds. The van der Waals surface area contributed by atoms with Gasteiger partial charge < -0.3 is 0 Å². The lowest BCUT2D eigenvalue weighted by molar-refractivity contribution is 0.627. The van der Waals surface area contributed by atoms with Gasteiger partial charge in [0.1, 0.15) is 11.9 Å². The molecule has 0 saturated carbocycles. The Balaban J connectivity index is 1.91. The third-order valence-corrected chi connectivity index (χ3v) is 5.38. The minimum absolute atomic E-state index is 0.123. The molecule has 0 spiro atoms. The van der Waals surface area contributed by atoms with Crippen molar-refractivity contribution in [1.82, 2.24) is 0 Å². The van der Waals surface area contributed by atoms with E-state index in [9.17, 15) is 14.9 Å². The van der Waals surface area contributed by atoms with Crippen LogP contribution in [0.5, 0.6) is 0 Å². The normalized spacial score (nSPS) is 10.9. The number of hydrogen-bond acceptors (Lipinski definition) is 2. The van der Waals surface area contributed by atoms with Crippen molar-refractivity contribution in [2.24, 2.45) is 0 Å². The summed E-state index contributed by atoms with van der Waals surface area (Å²) in [6, 6.07) is 28.8. The quantitative estimate of drug-likeness (QED) is 0.308. The van der Waals surface area contributed by atoms with Crippen LogP contribution in [-0.2, 0) is 0 Å². The number of nitrogens with zero attached hydrogens (tertiary/aromatic N) is 2. The van der Waals surface area contributed by atoms with Crippen LogP contribution < -0.4 is 0 Å². The van der Waals surface area contributed by atoms with E-state index in [2.05, 4.69) is 24.3 Å². The maximum Gasteiger partial charge on any atom is 0.148 e. The van der Waals surface area contributed by atoms with Crippen LogP contribution in [0.25, 0.3) is 43.4 Å². The Hall–Kier alpha value is -4.21. The monoisotopic (exact) mass is 372 g/mol. The first kappa shape index (κ1) is 16.9. The van der Waals surface area contributed by atoms with Crippen molar-refractivity contribution in [3.8, 4) is 23.3 Å². The van der Waals surface area contributed by atoms with Gasteiger partial charge in [0.05, 0.1) is 17.2 Å². The van der Waals surface area contributed by atoms with Gasteiger partial charge in [0.25, 0.3) is 0 Å². The minimum Gasteiger partial charge on any atom is -0.205 e. The van der Waals surface area contributed by atoms with Gasteiger partial charge in [-0.15, -0.1) is 0 Å². The van der Waals surface area contributed by atoms with Gasteiger partial charge in [0, 0.05) is 5.56 Å². The van der Waals surface area contributed by atoms with Crippen molar-refractivity contribution in [1.29, 1.82) is 10.5 Å². The minimum atomic E-state index is -0.601. The molecule has 0 saturated heterocycles. The van der Waals surface area contributed by atoms with Crippen molar-refractivity contribution in [3.05, 3.63) is 95.8 Å². The Kier molecular flexibility index (Phi) is 3.76. The van der Waals surface area contributed by atoms with Gasteiger partial charge in [-0.1, -0.05) is 60.7 Å². The molecular weight excluding hydrogens is 359 g/mol. The second-order valence-corrected chi connectivity index (χ2v) is 6.96. The average Bonchev–Trinajstić information content (AvgIpc) is 2.79. The largest absolute Gasteiger partial charge is 0.205 e. The lowest BCUT2D eigenvalue weighted by Crippen LogP contribution is -1.93. The van der Waals surface area contributed by atoms with Gasteiger partial charge in [-0.3, -0.25) is 0 Å². The zero-order valence-corrected chi connectivity index (χ0v) is 15.3. The Bertz CT molecular complexity index is 1500. The fraction of sp³-hybridized carbons (Fsp3) is 0. The summed E-state index contributed by atoms with van der Waals surface area (Å²) < 4.78 is 14.9. The first-order valence-corrected chi connectivity index (χ1v) is 9.18. The van der Waals surface area contributed by atoms with E-state index < -0.39 is 5.82 Å². The molecule has 0 N–H and O–H groups in total. The summed E-state index contributed by atoms with van der Waals surface area (Å²) in [5.74, 6) is -0.601. The topological polar surface area (TPSA) is 47.6 Å². The number of fused-ring (bicyclic) bond motifs is 6. The molecule has 0 aliphatic heterocycles. The number of nitriles is 2. The van der Waals surface area contributed by atoms with Crippen LogP contribution in [0.15, 0.2) is 78.9 Å². The van der Waals surface area contributed by atoms with E-state index in [1.165, 1.54) is 17.5 Å². The highest BCUT2D eigenvalue weighted by Gasteiger charge is 2.15. The highest BCUT2D eigenvalue weighted by molar-refractivity contribution is 6.25. The molecule has 0 heterocycles. The molecule has 0 aromatic heterocycles. The van der Waals surface area contributed by atoms with Gasteiger partial charge >= 0.3 is 0 Å². The first-order valence-electron chi connectivity index (χ1n) is 9.18. The summed E-state index contributed by atoms with van der Waals surface area (Å²) in [6.07, 6.45) is 0. The van der Waals surface area contributed by atoms with Gasteiger partial charge in [-0.25, -0.2) is 4.39 Å². The van der Waals surface area contributed by atoms with E-state index in [1.807, 2.05) is 54.6 Å². The summed E-state index contributed by atoms with van der Waals surface area (Å²) >= 11 is 0. The molecule has 0 aliphatic rings. The Labute approximate surface area is 166 Å². The summed E-state index contributed by atoms with van der Waals surface area (Å²) in [5, 5.41) is 25.1. The molecule has 0 bridgehead atoms. The Morgan fingerprint density at radius 1 is 0.586 bits per heavy atom.